The quantitative estimate of drug-likeness (QED) is 0.334. The van der Waals surface area contributed by atoms with Gasteiger partial charge in [0.15, 0.2) is 0 Å². The summed E-state index contributed by atoms with van der Waals surface area (Å²) in [6, 6.07) is 0. The lowest BCUT2D eigenvalue weighted by Crippen LogP contribution is -2.46. The summed E-state index contributed by atoms with van der Waals surface area (Å²) < 4.78 is 5.58. The Morgan fingerprint density at radius 3 is 2.58 bits per heavy atom. The number of carbonyl (C=O) groups is 1. The minimum Gasteiger partial charge on any atom is -0.462 e. The van der Waals surface area contributed by atoms with Gasteiger partial charge in [0.25, 0.3) is 0 Å². The fourth-order valence-corrected chi connectivity index (χ4v) is 7.48. The third-order valence-corrected chi connectivity index (χ3v) is 9.97. The molecule has 172 valence electrons. The van der Waals surface area contributed by atoms with Crippen LogP contribution in [-0.2, 0) is 9.53 Å². The molecule has 0 aromatic rings. The van der Waals surface area contributed by atoms with E-state index in [-0.39, 0.29) is 17.5 Å². The van der Waals surface area contributed by atoms with Gasteiger partial charge in [0.1, 0.15) is 6.10 Å². The van der Waals surface area contributed by atoms with Crippen molar-refractivity contribution in [2.45, 2.75) is 99.0 Å². The maximum absolute atomic E-state index is 11.5. The molecule has 0 bridgehead atoms. The van der Waals surface area contributed by atoms with E-state index in [0.29, 0.717) is 17.3 Å². The van der Waals surface area contributed by atoms with Crippen LogP contribution in [0.3, 0.4) is 0 Å². The van der Waals surface area contributed by atoms with Gasteiger partial charge in [-0.15, -0.1) is 0 Å². The molecule has 0 radical (unpaired) electrons. The molecule has 0 saturated heterocycles. The van der Waals surface area contributed by atoms with Gasteiger partial charge in [-0.3, -0.25) is 4.79 Å². The summed E-state index contributed by atoms with van der Waals surface area (Å²) in [5.74, 6) is 3.54. The lowest BCUT2D eigenvalue weighted by atomic mass is 9.50. The zero-order valence-corrected chi connectivity index (χ0v) is 20.7. The monoisotopic (exact) mass is 424 g/mol. The van der Waals surface area contributed by atoms with Crippen LogP contribution < -0.4 is 0 Å². The highest BCUT2D eigenvalue weighted by molar-refractivity contribution is 5.66. The molecule has 0 N–H and O–H groups in total. The van der Waals surface area contributed by atoms with Gasteiger partial charge in [-0.25, -0.2) is 0 Å². The molecule has 2 heteroatoms. The molecular weight excluding hydrogens is 380 g/mol. The summed E-state index contributed by atoms with van der Waals surface area (Å²) in [6.45, 7) is 13.6. The molecule has 31 heavy (non-hydrogen) atoms. The van der Waals surface area contributed by atoms with Crippen LogP contribution in [-0.4, -0.2) is 12.1 Å². The van der Waals surface area contributed by atoms with E-state index in [4.69, 9.17) is 4.74 Å². The first kappa shape index (κ1) is 22.9. The van der Waals surface area contributed by atoms with Crippen molar-refractivity contribution in [1.82, 2.24) is 0 Å². The van der Waals surface area contributed by atoms with E-state index < -0.39 is 0 Å². The van der Waals surface area contributed by atoms with Crippen molar-refractivity contribution in [2.75, 3.05) is 0 Å². The van der Waals surface area contributed by atoms with Gasteiger partial charge in [0.05, 0.1) is 0 Å². The van der Waals surface area contributed by atoms with E-state index in [1.165, 1.54) is 44.6 Å². The highest BCUT2D eigenvalue weighted by Crippen LogP contribution is 2.65. The van der Waals surface area contributed by atoms with Crippen LogP contribution in [0.25, 0.3) is 0 Å². The maximum Gasteiger partial charge on any atom is 0.302 e. The van der Waals surface area contributed by atoms with Gasteiger partial charge in [-0.1, -0.05) is 70.1 Å². The average Bonchev–Trinajstić information content (AvgIpc) is 3.04. The number of allylic oxidation sites excluding steroid dienone is 5. The van der Waals surface area contributed by atoms with Gasteiger partial charge in [-0.05, 0) is 85.4 Å². The molecular formula is C29H44O2. The van der Waals surface area contributed by atoms with Crippen LogP contribution in [0.15, 0.2) is 35.5 Å². The zero-order chi connectivity index (χ0) is 22.4. The van der Waals surface area contributed by atoms with Gasteiger partial charge in [0, 0.05) is 13.3 Å². The smallest absolute Gasteiger partial charge is 0.302 e. The van der Waals surface area contributed by atoms with E-state index in [1.54, 1.807) is 5.57 Å². The lowest BCUT2D eigenvalue weighted by Gasteiger charge is -2.54. The third kappa shape index (κ3) is 4.09. The molecule has 3 fully saturated rings. The van der Waals surface area contributed by atoms with Crippen LogP contribution in [0.1, 0.15) is 92.9 Å². The minimum absolute atomic E-state index is 0.0801. The number of ether oxygens (including phenoxy) is 1. The molecule has 4 rings (SSSR count). The van der Waals surface area contributed by atoms with Crippen LogP contribution in [0.5, 0.6) is 0 Å². The van der Waals surface area contributed by atoms with Gasteiger partial charge >= 0.3 is 5.97 Å². The molecule has 3 unspecified atom stereocenters. The van der Waals surface area contributed by atoms with Crippen molar-refractivity contribution < 1.29 is 9.53 Å². The van der Waals surface area contributed by atoms with Crippen molar-refractivity contribution in [3.63, 3.8) is 0 Å². The normalized spacial score (nSPS) is 40.6. The summed E-state index contributed by atoms with van der Waals surface area (Å²) in [6.07, 6.45) is 19.8. The Labute approximate surface area is 190 Å². The number of fused-ring (bicyclic) bond motifs is 5. The topological polar surface area (TPSA) is 26.3 Å². The molecule has 0 aromatic carbocycles. The molecule has 7 atom stereocenters. The van der Waals surface area contributed by atoms with Crippen molar-refractivity contribution in [3.05, 3.63) is 35.5 Å². The fourth-order valence-electron chi connectivity index (χ4n) is 7.48. The highest BCUT2D eigenvalue weighted by atomic mass is 16.5. The largest absolute Gasteiger partial charge is 0.462 e. The van der Waals surface area contributed by atoms with Gasteiger partial charge < -0.3 is 4.74 Å². The molecule has 2 nitrogen and oxygen atoms in total. The van der Waals surface area contributed by atoms with Crippen LogP contribution in [0.4, 0.5) is 0 Å². The number of rotatable bonds is 5. The Morgan fingerprint density at radius 2 is 1.87 bits per heavy atom. The maximum atomic E-state index is 11.5. The van der Waals surface area contributed by atoms with E-state index >= 15 is 0 Å². The van der Waals surface area contributed by atoms with E-state index in [0.717, 1.165) is 37.0 Å². The molecule has 4 aliphatic carbocycles. The van der Waals surface area contributed by atoms with Crippen LogP contribution in [0.2, 0.25) is 0 Å². The number of hydrogen-bond donors (Lipinski definition) is 0. The van der Waals surface area contributed by atoms with E-state index in [9.17, 15) is 4.79 Å². The summed E-state index contributed by atoms with van der Waals surface area (Å²) >= 11 is 0. The van der Waals surface area contributed by atoms with E-state index in [2.05, 4.69) is 58.9 Å². The molecule has 0 spiro atoms. The lowest BCUT2D eigenvalue weighted by molar-refractivity contribution is -0.148. The second-order valence-electron chi connectivity index (χ2n) is 11.9. The highest BCUT2D eigenvalue weighted by Gasteiger charge is 2.56. The first-order valence-corrected chi connectivity index (χ1v) is 12.9. The number of esters is 1. The Bertz CT molecular complexity index is 787. The van der Waals surface area contributed by atoms with E-state index in [1.807, 2.05) is 0 Å². The van der Waals surface area contributed by atoms with Crippen molar-refractivity contribution in [1.29, 1.82) is 0 Å². The SMILES string of the molecule is CC(=O)O[C@H]1CC[C@@]2(C)C(=CC=C3C4CC[C@H](C/C=C/[C@H](C)C(C)C)C4(C)CCC32)C1. The molecule has 0 heterocycles. The zero-order valence-electron chi connectivity index (χ0n) is 20.7. The molecule has 3 saturated carbocycles. The van der Waals surface area contributed by atoms with Gasteiger partial charge in [0.2, 0.25) is 0 Å². The summed E-state index contributed by atoms with van der Waals surface area (Å²) in [7, 11) is 0. The second-order valence-corrected chi connectivity index (χ2v) is 11.9. The minimum atomic E-state index is -0.136. The second kappa shape index (κ2) is 8.56. The summed E-state index contributed by atoms with van der Waals surface area (Å²) in [4.78, 5) is 11.5. The Kier molecular flexibility index (Phi) is 6.32. The van der Waals surface area contributed by atoms with Crippen LogP contribution in [0, 0.1) is 40.4 Å². The Morgan fingerprint density at radius 1 is 1.10 bits per heavy atom. The standard InChI is InChI=1S/C29H44O2/c1-19(2)20(3)8-7-9-22-11-13-26-25-12-10-23-18-24(31-21(4)30)14-16-29(23,6)27(25)15-17-28(22,26)5/h7-8,10,12,19-20,22,24,26-27H,9,11,13-18H2,1-6H3/b8-7+/t20-,22-,24-,26?,27?,28?,29-/m0/s1. The van der Waals surface area contributed by atoms with Crippen molar-refractivity contribution in [3.8, 4) is 0 Å². The average molecular weight is 425 g/mol. The molecule has 4 aliphatic rings. The molecule has 0 amide bonds. The molecule has 0 aliphatic heterocycles. The summed E-state index contributed by atoms with van der Waals surface area (Å²) in [5.41, 5.74) is 4.02. The first-order valence-electron chi connectivity index (χ1n) is 12.9. The fraction of sp³-hybridized carbons (Fsp3) is 0.759. The summed E-state index contributed by atoms with van der Waals surface area (Å²) in [5, 5.41) is 0. The number of hydrogen-bond acceptors (Lipinski definition) is 2. The first-order chi connectivity index (χ1) is 14.6. The third-order valence-electron chi connectivity index (χ3n) is 9.97. The Balaban J connectivity index is 1.51. The van der Waals surface area contributed by atoms with Crippen molar-refractivity contribution in [2.24, 2.45) is 40.4 Å². The van der Waals surface area contributed by atoms with Gasteiger partial charge in [-0.2, -0.15) is 0 Å². The predicted octanol–water partition coefficient (Wildman–Crippen LogP) is 7.66. The number of carbonyl (C=O) groups excluding carboxylic acids is 1. The molecule has 0 aromatic heterocycles. The van der Waals surface area contributed by atoms with Crippen molar-refractivity contribution >= 4 is 5.97 Å². The Hall–Kier alpha value is -1.31. The predicted molar refractivity (Wildman–Crippen MR) is 128 cm³/mol. The van der Waals surface area contributed by atoms with Crippen LogP contribution >= 0.6 is 0 Å².